The molecule has 5 heteroatoms. The zero-order valence-corrected chi connectivity index (χ0v) is 14.1. The van der Waals surface area contributed by atoms with E-state index >= 15 is 0 Å². The van der Waals surface area contributed by atoms with E-state index in [-0.39, 0.29) is 5.92 Å². The van der Waals surface area contributed by atoms with Crippen molar-refractivity contribution in [3.63, 3.8) is 0 Å². The summed E-state index contributed by atoms with van der Waals surface area (Å²) in [6.45, 7) is 6.74. The average molecular weight is 355 g/mol. The molecule has 0 fully saturated rings. The number of anilines is 1. The molecule has 0 atom stereocenters. The van der Waals surface area contributed by atoms with Crippen molar-refractivity contribution < 1.29 is 0 Å². The van der Waals surface area contributed by atoms with Crippen LogP contribution in [-0.4, -0.2) is 9.97 Å². The fourth-order valence-electron chi connectivity index (χ4n) is 1.77. The fraction of sp³-hybridized carbons (Fsp3) is 0.333. The van der Waals surface area contributed by atoms with E-state index in [0.29, 0.717) is 11.7 Å². The lowest BCUT2D eigenvalue weighted by Crippen LogP contribution is -2.08. The van der Waals surface area contributed by atoms with Gasteiger partial charge < -0.3 is 5.32 Å². The number of nitrogens with one attached hydrogen (secondary N) is 1. The Morgan fingerprint density at radius 1 is 1.30 bits per heavy atom. The molecule has 1 aromatic heterocycles. The Bertz CT molecular complexity index is 614. The second-order valence-electron chi connectivity index (χ2n) is 4.98. The van der Waals surface area contributed by atoms with Crippen molar-refractivity contribution in [2.75, 3.05) is 5.32 Å². The van der Waals surface area contributed by atoms with Crippen LogP contribution in [0.15, 0.2) is 28.7 Å². The molecule has 0 spiro atoms. The maximum atomic E-state index is 6.17. The van der Waals surface area contributed by atoms with Crippen molar-refractivity contribution in [3.05, 3.63) is 50.8 Å². The van der Waals surface area contributed by atoms with E-state index in [1.165, 1.54) is 5.56 Å². The van der Waals surface area contributed by atoms with Crippen LogP contribution in [-0.2, 0) is 6.54 Å². The Hall–Kier alpha value is -1.13. The van der Waals surface area contributed by atoms with Gasteiger partial charge in [0, 0.05) is 22.5 Å². The smallest absolute Gasteiger partial charge is 0.137 e. The molecule has 0 unspecified atom stereocenters. The van der Waals surface area contributed by atoms with Crippen LogP contribution in [0.1, 0.15) is 36.7 Å². The number of benzene rings is 1. The van der Waals surface area contributed by atoms with Gasteiger partial charge in [-0.2, -0.15) is 0 Å². The Labute approximate surface area is 132 Å². The van der Waals surface area contributed by atoms with Gasteiger partial charge in [0.2, 0.25) is 0 Å². The van der Waals surface area contributed by atoms with Crippen molar-refractivity contribution in [2.45, 2.75) is 33.2 Å². The third-order valence-electron chi connectivity index (χ3n) is 2.97. The van der Waals surface area contributed by atoms with Gasteiger partial charge >= 0.3 is 0 Å². The summed E-state index contributed by atoms with van der Waals surface area (Å²) in [5.74, 6) is 1.81. The van der Waals surface area contributed by atoms with E-state index in [4.69, 9.17) is 11.6 Å². The quantitative estimate of drug-likeness (QED) is 0.791. The third-order valence-corrected chi connectivity index (χ3v) is 3.83. The zero-order valence-electron chi connectivity index (χ0n) is 11.7. The summed E-state index contributed by atoms with van der Waals surface area (Å²) in [4.78, 5) is 8.86. The Balaban J connectivity index is 2.20. The van der Waals surface area contributed by atoms with Crippen LogP contribution in [0.3, 0.4) is 0 Å². The highest BCUT2D eigenvalue weighted by Crippen LogP contribution is 2.23. The van der Waals surface area contributed by atoms with E-state index in [1.54, 1.807) is 0 Å². The lowest BCUT2D eigenvalue weighted by atomic mass is 10.2. The average Bonchev–Trinajstić information content (AvgIpc) is 2.40. The Morgan fingerprint density at radius 2 is 2.05 bits per heavy atom. The van der Waals surface area contributed by atoms with Crippen LogP contribution in [0.5, 0.6) is 0 Å². The van der Waals surface area contributed by atoms with E-state index in [0.717, 1.165) is 21.7 Å². The van der Waals surface area contributed by atoms with Crippen LogP contribution in [0, 0.1) is 6.92 Å². The molecule has 0 saturated carbocycles. The summed E-state index contributed by atoms with van der Waals surface area (Å²) < 4.78 is 1.07. The van der Waals surface area contributed by atoms with Gasteiger partial charge in [0.05, 0.1) is 0 Å². The van der Waals surface area contributed by atoms with Crippen LogP contribution in [0.25, 0.3) is 0 Å². The van der Waals surface area contributed by atoms with Gasteiger partial charge in [0.15, 0.2) is 0 Å². The summed E-state index contributed by atoms with van der Waals surface area (Å²) in [6, 6.07) is 8.17. The molecule has 1 heterocycles. The van der Waals surface area contributed by atoms with Gasteiger partial charge in [-0.05, 0) is 24.6 Å². The lowest BCUT2D eigenvalue weighted by molar-refractivity contribution is 0.771. The molecule has 0 bridgehead atoms. The predicted molar refractivity (Wildman–Crippen MR) is 87.3 cm³/mol. The molecule has 1 N–H and O–H groups in total. The summed E-state index contributed by atoms with van der Waals surface area (Å²) in [5.41, 5.74) is 2.06. The number of rotatable bonds is 4. The topological polar surface area (TPSA) is 37.8 Å². The number of nitrogens with zero attached hydrogens (tertiary/aromatic N) is 2. The van der Waals surface area contributed by atoms with Gasteiger partial charge in [-0.25, -0.2) is 9.97 Å². The second kappa shape index (κ2) is 6.55. The zero-order chi connectivity index (χ0) is 14.7. The Kier molecular flexibility index (Phi) is 5.00. The van der Waals surface area contributed by atoms with Gasteiger partial charge in [-0.3, -0.25) is 0 Å². The van der Waals surface area contributed by atoms with Crippen LogP contribution >= 0.6 is 27.5 Å². The van der Waals surface area contributed by atoms with Crippen LogP contribution in [0.4, 0.5) is 5.82 Å². The number of hydrogen-bond acceptors (Lipinski definition) is 3. The Morgan fingerprint density at radius 3 is 2.70 bits per heavy atom. The molecule has 106 valence electrons. The minimum absolute atomic E-state index is 0.250. The highest BCUT2D eigenvalue weighted by Gasteiger charge is 2.11. The molecule has 2 aromatic rings. The normalized spacial score (nSPS) is 10.9. The molecule has 0 aliphatic rings. The van der Waals surface area contributed by atoms with Crippen molar-refractivity contribution in [3.8, 4) is 0 Å². The maximum absolute atomic E-state index is 6.17. The lowest BCUT2D eigenvalue weighted by Gasteiger charge is -2.13. The van der Waals surface area contributed by atoms with Gasteiger partial charge in [-0.1, -0.05) is 53.5 Å². The SMILES string of the molecule is Cc1c(Cl)nc(C(C)C)nc1NCc1cccc(Br)c1. The molecule has 3 nitrogen and oxygen atoms in total. The third kappa shape index (κ3) is 3.70. The minimum atomic E-state index is 0.250. The van der Waals surface area contributed by atoms with Crippen molar-refractivity contribution in [1.82, 2.24) is 9.97 Å². The van der Waals surface area contributed by atoms with Crippen molar-refractivity contribution >= 4 is 33.3 Å². The molecule has 0 saturated heterocycles. The van der Waals surface area contributed by atoms with E-state index in [1.807, 2.05) is 19.1 Å². The van der Waals surface area contributed by atoms with E-state index in [9.17, 15) is 0 Å². The van der Waals surface area contributed by atoms with Crippen LogP contribution < -0.4 is 5.32 Å². The molecule has 0 amide bonds. The first-order valence-electron chi connectivity index (χ1n) is 6.49. The highest BCUT2D eigenvalue weighted by molar-refractivity contribution is 9.10. The van der Waals surface area contributed by atoms with Gasteiger partial charge in [0.1, 0.15) is 16.8 Å². The van der Waals surface area contributed by atoms with Gasteiger partial charge in [0.25, 0.3) is 0 Å². The molecular weight excluding hydrogens is 338 g/mol. The largest absolute Gasteiger partial charge is 0.366 e. The maximum Gasteiger partial charge on any atom is 0.137 e. The standard InChI is InChI=1S/C15H17BrClN3/c1-9(2)14-19-13(17)10(3)15(20-14)18-8-11-5-4-6-12(16)7-11/h4-7,9H,8H2,1-3H3,(H,18,19,20). The molecule has 20 heavy (non-hydrogen) atoms. The summed E-state index contributed by atoms with van der Waals surface area (Å²) >= 11 is 9.64. The summed E-state index contributed by atoms with van der Waals surface area (Å²) in [7, 11) is 0. The first-order valence-corrected chi connectivity index (χ1v) is 7.67. The first-order chi connectivity index (χ1) is 9.47. The molecule has 2 rings (SSSR count). The molecule has 0 radical (unpaired) electrons. The first kappa shape index (κ1) is 15.3. The second-order valence-corrected chi connectivity index (χ2v) is 6.26. The minimum Gasteiger partial charge on any atom is -0.366 e. The number of halogens is 2. The molecular formula is C15H17BrClN3. The number of aromatic nitrogens is 2. The fourth-order valence-corrected chi connectivity index (χ4v) is 2.39. The highest BCUT2D eigenvalue weighted by atomic mass is 79.9. The predicted octanol–water partition coefficient (Wildman–Crippen LogP) is 4.94. The van der Waals surface area contributed by atoms with E-state index < -0.39 is 0 Å². The van der Waals surface area contributed by atoms with Crippen molar-refractivity contribution in [1.29, 1.82) is 0 Å². The molecule has 1 aromatic carbocycles. The summed E-state index contributed by atoms with van der Waals surface area (Å²) in [5, 5.41) is 3.85. The molecule has 0 aliphatic heterocycles. The summed E-state index contributed by atoms with van der Waals surface area (Å²) in [6.07, 6.45) is 0. The monoisotopic (exact) mass is 353 g/mol. The van der Waals surface area contributed by atoms with Gasteiger partial charge in [-0.15, -0.1) is 0 Å². The van der Waals surface area contributed by atoms with Crippen molar-refractivity contribution in [2.24, 2.45) is 0 Å². The van der Waals surface area contributed by atoms with E-state index in [2.05, 4.69) is 57.2 Å². The number of hydrogen-bond donors (Lipinski definition) is 1. The van der Waals surface area contributed by atoms with Crippen LogP contribution in [0.2, 0.25) is 5.15 Å². The molecule has 0 aliphatic carbocycles.